The predicted octanol–water partition coefficient (Wildman–Crippen LogP) is 1.12. The van der Waals surface area contributed by atoms with Crippen LogP contribution < -0.4 is 5.32 Å². The lowest BCUT2D eigenvalue weighted by molar-refractivity contribution is 0.105. The molecule has 0 saturated heterocycles. The largest absolute Gasteiger partial charge is 0.394 e. The summed E-state index contributed by atoms with van der Waals surface area (Å²) in [5.41, 5.74) is 0.411. The van der Waals surface area contributed by atoms with E-state index in [1.54, 1.807) is 0 Å². The van der Waals surface area contributed by atoms with E-state index in [1.165, 1.54) is 6.07 Å². The highest BCUT2D eigenvalue weighted by Crippen LogP contribution is 2.23. The van der Waals surface area contributed by atoms with Crippen LogP contribution in [0.2, 0.25) is 5.02 Å². The number of anilines is 1. The van der Waals surface area contributed by atoms with Crippen LogP contribution in [-0.2, 0) is 0 Å². The number of rotatable bonds is 4. The molecule has 0 radical (unpaired) electrons. The molecule has 0 bridgehead atoms. The zero-order valence-corrected chi connectivity index (χ0v) is 9.00. The Bertz CT molecular complexity index is 420. The first kappa shape index (κ1) is 12.7. The molecule has 0 aliphatic heterocycles. The second-order valence-electron chi connectivity index (χ2n) is 3.14. The highest BCUT2D eigenvalue weighted by Gasteiger charge is 2.09. The number of nitrogens with zero attached hydrogens (tertiary/aromatic N) is 1. The third-order valence-electron chi connectivity index (χ3n) is 1.92. The summed E-state index contributed by atoms with van der Waals surface area (Å²) in [7, 11) is 0. The summed E-state index contributed by atoms with van der Waals surface area (Å²) in [5.74, 6) is -0.651. The summed E-state index contributed by atoms with van der Waals surface area (Å²) in [4.78, 5) is 0. The second-order valence-corrected chi connectivity index (χ2v) is 3.55. The average Bonchev–Trinajstić information content (AvgIpc) is 2.29. The average molecular weight is 245 g/mol. The molecule has 3 N–H and O–H groups in total. The minimum absolute atomic E-state index is 0.0201. The molecule has 16 heavy (non-hydrogen) atoms. The van der Waals surface area contributed by atoms with Crippen LogP contribution in [0.3, 0.4) is 0 Å². The third kappa shape index (κ3) is 3.07. The van der Waals surface area contributed by atoms with Gasteiger partial charge in [-0.1, -0.05) is 11.6 Å². The standard InChI is InChI=1S/C10H10ClFN2O2/c11-8-1-6(3-13)10(2-9(8)12)14-4-7(16)5-15/h1-2,7,14-16H,4-5H2. The topological polar surface area (TPSA) is 76.3 Å². The maximum absolute atomic E-state index is 13.1. The van der Waals surface area contributed by atoms with Crippen molar-refractivity contribution in [2.45, 2.75) is 6.10 Å². The summed E-state index contributed by atoms with van der Waals surface area (Å²) < 4.78 is 13.1. The molecule has 0 spiro atoms. The van der Waals surface area contributed by atoms with Crippen molar-refractivity contribution in [2.75, 3.05) is 18.5 Å². The number of hydrogen-bond donors (Lipinski definition) is 3. The van der Waals surface area contributed by atoms with Gasteiger partial charge in [-0.2, -0.15) is 5.26 Å². The fraction of sp³-hybridized carbons (Fsp3) is 0.300. The minimum atomic E-state index is -0.967. The molecule has 0 heterocycles. The predicted molar refractivity (Wildman–Crippen MR) is 57.7 cm³/mol. The van der Waals surface area contributed by atoms with Gasteiger partial charge in [0.1, 0.15) is 11.9 Å². The van der Waals surface area contributed by atoms with Gasteiger partial charge in [-0.3, -0.25) is 0 Å². The summed E-state index contributed by atoms with van der Waals surface area (Å²) in [6, 6.07) is 4.12. The normalized spacial score (nSPS) is 11.9. The highest BCUT2D eigenvalue weighted by atomic mass is 35.5. The fourth-order valence-electron chi connectivity index (χ4n) is 1.08. The van der Waals surface area contributed by atoms with Crippen LogP contribution in [-0.4, -0.2) is 29.5 Å². The maximum Gasteiger partial charge on any atom is 0.143 e. The molecule has 1 atom stereocenters. The summed E-state index contributed by atoms with van der Waals surface area (Å²) in [5, 5.41) is 29.0. The Morgan fingerprint density at radius 3 is 2.81 bits per heavy atom. The Balaban J connectivity index is 2.87. The van der Waals surface area contributed by atoms with Gasteiger partial charge in [0.25, 0.3) is 0 Å². The van der Waals surface area contributed by atoms with E-state index < -0.39 is 18.5 Å². The van der Waals surface area contributed by atoms with Gasteiger partial charge in [0.05, 0.1) is 29.0 Å². The Morgan fingerprint density at radius 2 is 2.25 bits per heavy atom. The molecule has 0 fully saturated rings. The van der Waals surface area contributed by atoms with Gasteiger partial charge in [-0.25, -0.2) is 4.39 Å². The first-order chi connectivity index (χ1) is 7.58. The van der Waals surface area contributed by atoms with Crippen LogP contribution in [0.4, 0.5) is 10.1 Å². The first-order valence-corrected chi connectivity index (χ1v) is 4.88. The van der Waals surface area contributed by atoms with Crippen molar-refractivity contribution in [2.24, 2.45) is 0 Å². The number of benzene rings is 1. The first-order valence-electron chi connectivity index (χ1n) is 4.50. The summed E-state index contributed by atoms with van der Waals surface area (Å²) >= 11 is 5.51. The van der Waals surface area contributed by atoms with E-state index in [0.29, 0.717) is 0 Å². The monoisotopic (exact) mass is 244 g/mol. The molecule has 86 valence electrons. The van der Waals surface area contributed by atoms with Crippen LogP contribution in [0.1, 0.15) is 5.56 Å². The lowest BCUT2D eigenvalue weighted by atomic mass is 10.2. The quantitative estimate of drug-likeness (QED) is 0.742. The molecule has 0 amide bonds. The number of aliphatic hydroxyl groups is 2. The number of halogens is 2. The molecule has 0 aliphatic rings. The number of nitrogens with one attached hydrogen (secondary N) is 1. The number of aliphatic hydroxyl groups excluding tert-OH is 2. The zero-order chi connectivity index (χ0) is 12.1. The van der Waals surface area contributed by atoms with Crippen molar-refractivity contribution in [3.8, 4) is 6.07 Å². The molecule has 4 nitrogen and oxygen atoms in total. The van der Waals surface area contributed by atoms with Crippen molar-refractivity contribution >= 4 is 17.3 Å². The molecular weight excluding hydrogens is 235 g/mol. The van der Waals surface area contributed by atoms with Crippen molar-refractivity contribution in [1.29, 1.82) is 5.26 Å². The maximum atomic E-state index is 13.1. The summed E-state index contributed by atoms with van der Waals surface area (Å²) in [6.07, 6.45) is -0.967. The van der Waals surface area contributed by atoms with E-state index in [2.05, 4.69) is 5.32 Å². The minimum Gasteiger partial charge on any atom is -0.394 e. The van der Waals surface area contributed by atoms with E-state index in [9.17, 15) is 4.39 Å². The van der Waals surface area contributed by atoms with E-state index in [0.717, 1.165) is 6.07 Å². The SMILES string of the molecule is N#Cc1cc(Cl)c(F)cc1NCC(O)CO. The van der Waals surface area contributed by atoms with Crippen LogP contribution in [0, 0.1) is 17.1 Å². The molecule has 6 heteroatoms. The number of nitriles is 1. The molecule has 1 rings (SSSR count). The molecule has 1 aromatic carbocycles. The van der Waals surface area contributed by atoms with E-state index in [4.69, 9.17) is 27.1 Å². The van der Waals surface area contributed by atoms with E-state index in [-0.39, 0.29) is 22.8 Å². The highest BCUT2D eigenvalue weighted by molar-refractivity contribution is 6.30. The van der Waals surface area contributed by atoms with Crippen LogP contribution in [0.15, 0.2) is 12.1 Å². The molecule has 1 unspecified atom stereocenters. The lowest BCUT2D eigenvalue weighted by Gasteiger charge is -2.11. The van der Waals surface area contributed by atoms with Crippen LogP contribution in [0.25, 0.3) is 0 Å². The second kappa shape index (κ2) is 5.66. The lowest BCUT2D eigenvalue weighted by Crippen LogP contribution is -2.23. The van der Waals surface area contributed by atoms with Gasteiger partial charge in [-0.05, 0) is 12.1 Å². The van der Waals surface area contributed by atoms with Crippen molar-refractivity contribution in [3.63, 3.8) is 0 Å². The zero-order valence-electron chi connectivity index (χ0n) is 8.24. The Labute approximate surface area is 96.9 Å². The third-order valence-corrected chi connectivity index (χ3v) is 2.21. The van der Waals surface area contributed by atoms with Gasteiger partial charge in [0, 0.05) is 6.54 Å². The van der Waals surface area contributed by atoms with Gasteiger partial charge in [0.15, 0.2) is 0 Å². The number of hydrogen-bond acceptors (Lipinski definition) is 4. The van der Waals surface area contributed by atoms with Crippen LogP contribution in [0.5, 0.6) is 0 Å². The van der Waals surface area contributed by atoms with E-state index in [1.807, 2.05) is 6.07 Å². The van der Waals surface area contributed by atoms with Gasteiger partial charge >= 0.3 is 0 Å². The molecule has 0 aliphatic carbocycles. The summed E-state index contributed by atoms with van der Waals surface area (Å²) in [6.45, 7) is -0.392. The molecule has 1 aromatic rings. The van der Waals surface area contributed by atoms with Crippen molar-refractivity contribution in [3.05, 3.63) is 28.5 Å². The Kier molecular flexibility index (Phi) is 4.50. The van der Waals surface area contributed by atoms with E-state index >= 15 is 0 Å². The van der Waals surface area contributed by atoms with Gasteiger partial charge in [0.2, 0.25) is 0 Å². The smallest absolute Gasteiger partial charge is 0.143 e. The van der Waals surface area contributed by atoms with Crippen molar-refractivity contribution < 1.29 is 14.6 Å². The van der Waals surface area contributed by atoms with Crippen molar-refractivity contribution in [1.82, 2.24) is 0 Å². The Morgan fingerprint density at radius 1 is 1.56 bits per heavy atom. The molecule has 0 saturated carbocycles. The van der Waals surface area contributed by atoms with Crippen LogP contribution >= 0.6 is 11.6 Å². The van der Waals surface area contributed by atoms with Gasteiger partial charge in [-0.15, -0.1) is 0 Å². The van der Waals surface area contributed by atoms with Gasteiger partial charge < -0.3 is 15.5 Å². The fourth-order valence-corrected chi connectivity index (χ4v) is 1.24. The molecule has 0 aromatic heterocycles. The Hall–Kier alpha value is -1.35. The molecular formula is C10H10ClFN2O2.